The predicted molar refractivity (Wildman–Crippen MR) is 66.3 cm³/mol. The molecule has 0 radical (unpaired) electrons. The van der Waals surface area contributed by atoms with Gasteiger partial charge in [-0.15, -0.1) is 11.3 Å². The van der Waals surface area contributed by atoms with Crippen LogP contribution in [0.2, 0.25) is 0 Å². The van der Waals surface area contributed by atoms with Gasteiger partial charge in [-0.25, -0.2) is 0 Å². The third kappa shape index (κ3) is 3.03. The number of nitrogens with zero attached hydrogens (tertiary/aromatic N) is 1. The molecular weight excluding hydrogens is 204 g/mol. The average Bonchev–Trinajstić information content (AvgIpc) is 2.74. The zero-order valence-corrected chi connectivity index (χ0v) is 10.2. The van der Waals surface area contributed by atoms with Crippen molar-refractivity contribution in [2.75, 3.05) is 20.1 Å². The molecule has 1 aliphatic heterocycles. The fourth-order valence-corrected chi connectivity index (χ4v) is 3.07. The summed E-state index contributed by atoms with van der Waals surface area (Å²) in [6.45, 7) is 3.54. The number of likely N-dealkylation sites (tertiary alicyclic amines) is 1. The topological polar surface area (TPSA) is 15.3 Å². The molecule has 0 amide bonds. The first kappa shape index (κ1) is 11.1. The maximum Gasteiger partial charge on any atom is 0.0331 e. The highest BCUT2D eigenvalue weighted by molar-refractivity contribution is 7.09. The van der Waals surface area contributed by atoms with Crippen molar-refractivity contribution in [3.63, 3.8) is 0 Å². The largest absolute Gasteiger partial charge is 0.318 e. The highest BCUT2D eigenvalue weighted by atomic mass is 32.1. The van der Waals surface area contributed by atoms with Crippen LogP contribution in [0.25, 0.3) is 0 Å². The van der Waals surface area contributed by atoms with Crippen LogP contribution >= 0.6 is 11.3 Å². The Morgan fingerprint density at radius 1 is 1.53 bits per heavy atom. The molecule has 0 saturated carbocycles. The van der Waals surface area contributed by atoms with Crippen LogP contribution in [-0.2, 0) is 6.54 Å². The molecule has 84 valence electrons. The van der Waals surface area contributed by atoms with Crippen molar-refractivity contribution in [1.82, 2.24) is 10.2 Å². The zero-order chi connectivity index (χ0) is 10.5. The molecule has 1 unspecified atom stereocenters. The third-order valence-corrected chi connectivity index (χ3v) is 3.99. The third-order valence-electron chi connectivity index (χ3n) is 3.13. The van der Waals surface area contributed by atoms with Crippen LogP contribution in [0.5, 0.6) is 0 Å². The molecule has 15 heavy (non-hydrogen) atoms. The lowest BCUT2D eigenvalue weighted by molar-refractivity contribution is 0.140. The summed E-state index contributed by atoms with van der Waals surface area (Å²) in [5.41, 5.74) is 0. The van der Waals surface area contributed by atoms with E-state index in [0.29, 0.717) is 0 Å². The van der Waals surface area contributed by atoms with Crippen molar-refractivity contribution < 1.29 is 0 Å². The van der Waals surface area contributed by atoms with E-state index in [-0.39, 0.29) is 0 Å². The molecule has 1 fully saturated rings. The molecule has 1 aromatic rings. The molecule has 2 rings (SSSR count). The number of nitrogens with one attached hydrogen (secondary N) is 1. The Kier molecular flexibility index (Phi) is 4.18. The second-order valence-corrected chi connectivity index (χ2v) is 5.29. The summed E-state index contributed by atoms with van der Waals surface area (Å²) >= 11 is 1.87. The Hall–Kier alpha value is -0.380. The van der Waals surface area contributed by atoms with Gasteiger partial charge in [0.25, 0.3) is 0 Å². The number of likely N-dealkylation sites (N-methyl/N-ethyl adjacent to an activating group) is 1. The Morgan fingerprint density at radius 3 is 3.20 bits per heavy atom. The molecule has 1 saturated heterocycles. The van der Waals surface area contributed by atoms with E-state index in [2.05, 4.69) is 34.8 Å². The monoisotopic (exact) mass is 224 g/mol. The summed E-state index contributed by atoms with van der Waals surface area (Å²) in [5.74, 6) is 0. The van der Waals surface area contributed by atoms with Gasteiger partial charge in [-0.05, 0) is 37.9 Å². The summed E-state index contributed by atoms with van der Waals surface area (Å²) in [4.78, 5) is 4.13. The van der Waals surface area contributed by atoms with Crippen LogP contribution < -0.4 is 5.32 Å². The number of rotatable bonds is 4. The first-order valence-corrected chi connectivity index (χ1v) is 6.69. The van der Waals surface area contributed by atoms with E-state index in [1.54, 1.807) is 0 Å². The molecule has 2 heterocycles. The van der Waals surface area contributed by atoms with Crippen LogP contribution in [0.1, 0.15) is 24.1 Å². The summed E-state index contributed by atoms with van der Waals surface area (Å²) in [5, 5.41) is 5.48. The molecule has 1 atom stereocenters. The summed E-state index contributed by atoms with van der Waals surface area (Å²) in [6.07, 6.45) is 4.12. The van der Waals surface area contributed by atoms with E-state index in [0.717, 1.165) is 19.1 Å². The lowest BCUT2D eigenvalue weighted by Crippen LogP contribution is -2.44. The van der Waals surface area contributed by atoms with E-state index >= 15 is 0 Å². The van der Waals surface area contributed by atoms with Gasteiger partial charge in [0.15, 0.2) is 0 Å². The van der Waals surface area contributed by atoms with Gasteiger partial charge in [0.05, 0.1) is 0 Å². The van der Waals surface area contributed by atoms with Crippen LogP contribution in [-0.4, -0.2) is 31.1 Å². The van der Waals surface area contributed by atoms with Crippen molar-refractivity contribution in [2.45, 2.75) is 31.8 Å². The van der Waals surface area contributed by atoms with E-state index in [9.17, 15) is 0 Å². The van der Waals surface area contributed by atoms with Gasteiger partial charge in [-0.3, -0.25) is 4.90 Å². The average molecular weight is 224 g/mol. The Balaban J connectivity index is 1.92. The molecule has 0 bridgehead atoms. The maximum absolute atomic E-state index is 3.31. The fourth-order valence-electron chi connectivity index (χ4n) is 2.34. The van der Waals surface area contributed by atoms with Gasteiger partial charge >= 0.3 is 0 Å². The lowest BCUT2D eigenvalue weighted by Gasteiger charge is -2.35. The van der Waals surface area contributed by atoms with Crippen molar-refractivity contribution in [3.8, 4) is 0 Å². The first-order valence-electron chi connectivity index (χ1n) is 5.81. The van der Waals surface area contributed by atoms with Crippen LogP contribution in [0.3, 0.4) is 0 Å². The molecule has 0 aliphatic carbocycles. The second-order valence-electron chi connectivity index (χ2n) is 4.26. The zero-order valence-electron chi connectivity index (χ0n) is 9.41. The summed E-state index contributed by atoms with van der Waals surface area (Å²) < 4.78 is 0. The Morgan fingerprint density at radius 2 is 2.47 bits per heavy atom. The van der Waals surface area contributed by atoms with E-state index in [4.69, 9.17) is 0 Å². The molecular formula is C12H20N2S. The minimum Gasteiger partial charge on any atom is -0.318 e. The van der Waals surface area contributed by atoms with Gasteiger partial charge in [0.2, 0.25) is 0 Å². The molecule has 0 spiro atoms. The summed E-state index contributed by atoms with van der Waals surface area (Å²) in [6, 6.07) is 5.14. The normalized spacial score (nSPS) is 23.1. The van der Waals surface area contributed by atoms with Crippen molar-refractivity contribution >= 4 is 11.3 Å². The molecule has 1 aliphatic rings. The Bertz CT molecular complexity index is 269. The summed E-state index contributed by atoms with van der Waals surface area (Å²) in [7, 11) is 2.05. The first-order chi connectivity index (χ1) is 7.40. The van der Waals surface area contributed by atoms with E-state index in [1.807, 2.05) is 11.3 Å². The quantitative estimate of drug-likeness (QED) is 0.844. The lowest BCUT2D eigenvalue weighted by atomic mass is 10.0. The number of piperidine rings is 1. The number of thiophene rings is 1. The highest BCUT2D eigenvalue weighted by Crippen LogP contribution is 2.20. The second kappa shape index (κ2) is 5.64. The molecule has 2 nitrogen and oxygen atoms in total. The van der Waals surface area contributed by atoms with Crippen LogP contribution in [0, 0.1) is 0 Å². The van der Waals surface area contributed by atoms with Crippen molar-refractivity contribution in [3.05, 3.63) is 22.4 Å². The minimum absolute atomic E-state index is 0.742. The van der Waals surface area contributed by atoms with Crippen molar-refractivity contribution in [1.29, 1.82) is 0 Å². The van der Waals surface area contributed by atoms with Gasteiger partial charge in [0.1, 0.15) is 0 Å². The van der Waals surface area contributed by atoms with Gasteiger partial charge in [0, 0.05) is 24.0 Å². The van der Waals surface area contributed by atoms with Gasteiger partial charge in [-0.1, -0.05) is 12.5 Å². The molecule has 3 heteroatoms. The van der Waals surface area contributed by atoms with Gasteiger partial charge in [-0.2, -0.15) is 0 Å². The SMILES string of the molecule is CNCC1CCCCN1Cc1cccs1. The van der Waals surface area contributed by atoms with E-state index in [1.165, 1.54) is 30.7 Å². The molecule has 1 aromatic heterocycles. The number of hydrogen-bond donors (Lipinski definition) is 1. The highest BCUT2D eigenvalue weighted by Gasteiger charge is 2.21. The van der Waals surface area contributed by atoms with E-state index < -0.39 is 0 Å². The fraction of sp³-hybridized carbons (Fsp3) is 0.667. The van der Waals surface area contributed by atoms with Crippen LogP contribution in [0.4, 0.5) is 0 Å². The standard InChI is InChI=1S/C12H20N2S/c1-13-9-11-5-2-3-7-14(11)10-12-6-4-8-15-12/h4,6,8,11,13H,2-3,5,7,9-10H2,1H3. The smallest absolute Gasteiger partial charge is 0.0331 e. The molecule has 0 aromatic carbocycles. The predicted octanol–water partition coefficient (Wildman–Crippen LogP) is 2.32. The molecule has 1 N–H and O–H groups in total. The maximum atomic E-state index is 3.31. The minimum atomic E-state index is 0.742. The Labute approximate surface area is 96.3 Å². The van der Waals surface area contributed by atoms with Crippen molar-refractivity contribution in [2.24, 2.45) is 0 Å². The number of hydrogen-bond acceptors (Lipinski definition) is 3. The van der Waals surface area contributed by atoms with Gasteiger partial charge < -0.3 is 5.32 Å². The van der Waals surface area contributed by atoms with Crippen LogP contribution in [0.15, 0.2) is 17.5 Å².